The SMILES string of the molecule is C=C/C(=C\Nc1ccc(Cl)c2ccccc12)c1nc2ccccc2o1.CC. The van der Waals surface area contributed by atoms with Crippen LogP contribution in [0.25, 0.3) is 27.4 Å². The van der Waals surface area contributed by atoms with E-state index in [4.69, 9.17) is 16.0 Å². The molecule has 3 nitrogen and oxygen atoms in total. The molecule has 27 heavy (non-hydrogen) atoms. The lowest BCUT2D eigenvalue weighted by molar-refractivity contribution is 0.585. The third kappa shape index (κ3) is 3.88. The fourth-order valence-electron chi connectivity index (χ4n) is 2.75. The van der Waals surface area contributed by atoms with Crippen LogP contribution in [0.15, 0.2) is 83.9 Å². The number of hydrogen-bond donors (Lipinski definition) is 1. The van der Waals surface area contributed by atoms with Crippen LogP contribution in [-0.2, 0) is 0 Å². The van der Waals surface area contributed by atoms with Crippen LogP contribution < -0.4 is 5.32 Å². The molecule has 4 heteroatoms. The van der Waals surface area contributed by atoms with Crippen LogP contribution in [0.5, 0.6) is 0 Å². The van der Waals surface area contributed by atoms with Crippen molar-refractivity contribution in [3.63, 3.8) is 0 Å². The number of nitrogens with zero attached hydrogens (tertiary/aromatic N) is 1. The average molecular weight is 377 g/mol. The third-order valence-corrected chi connectivity index (χ3v) is 4.34. The van der Waals surface area contributed by atoms with E-state index in [0.29, 0.717) is 5.89 Å². The first-order valence-corrected chi connectivity index (χ1v) is 9.26. The highest BCUT2D eigenvalue weighted by Gasteiger charge is 2.09. The highest BCUT2D eigenvalue weighted by atomic mass is 35.5. The van der Waals surface area contributed by atoms with E-state index in [0.717, 1.165) is 38.2 Å². The zero-order valence-corrected chi connectivity index (χ0v) is 16.1. The van der Waals surface area contributed by atoms with Crippen LogP contribution in [0.4, 0.5) is 5.69 Å². The van der Waals surface area contributed by atoms with Crippen molar-refractivity contribution in [2.75, 3.05) is 5.32 Å². The fourth-order valence-corrected chi connectivity index (χ4v) is 2.98. The highest BCUT2D eigenvalue weighted by molar-refractivity contribution is 6.36. The standard InChI is InChI=1S/C21H15ClN2O.C2H6/c1-2-14(21-24-19-9-5-6-10-20(19)25-21)13-23-18-12-11-17(22)15-7-3-4-8-16(15)18;1-2/h2-13,23H,1H2;1-2H3/b14-13+;. The molecule has 0 spiro atoms. The Morgan fingerprint density at radius 2 is 1.70 bits per heavy atom. The van der Waals surface area contributed by atoms with Gasteiger partial charge in [0.1, 0.15) is 5.52 Å². The number of hydrogen-bond acceptors (Lipinski definition) is 3. The summed E-state index contributed by atoms with van der Waals surface area (Å²) in [5.41, 5.74) is 3.30. The number of aromatic nitrogens is 1. The lowest BCUT2D eigenvalue weighted by atomic mass is 10.1. The molecule has 0 bridgehead atoms. The highest BCUT2D eigenvalue weighted by Crippen LogP contribution is 2.30. The monoisotopic (exact) mass is 376 g/mol. The number of nitrogens with one attached hydrogen (secondary N) is 1. The van der Waals surface area contributed by atoms with E-state index in [1.54, 1.807) is 6.08 Å². The summed E-state index contributed by atoms with van der Waals surface area (Å²) in [7, 11) is 0. The molecule has 1 N–H and O–H groups in total. The van der Waals surface area contributed by atoms with Crippen LogP contribution in [-0.4, -0.2) is 4.98 Å². The topological polar surface area (TPSA) is 38.1 Å². The van der Waals surface area contributed by atoms with Crippen LogP contribution in [0, 0.1) is 0 Å². The van der Waals surface area contributed by atoms with Crippen molar-refractivity contribution in [3.8, 4) is 0 Å². The number of fused-ring (bicyclic) bond motifs is 2. The van der Waals surface area contributed by atoms with E-state index >= 15 is 0 Å². The van der Waals surface area contributed by atoms with Crippen molar-refractivity contribution in [2.24, 2.45) is 0 Å². The zero-order valence-electron chi connectivity index (χ0n) is 15.4. The largest absolute Gasteiger partial charge is 0.436 e. The minimum atomic E-state index is 0.530. The normalized spacial score (nSPS) is 11.1. The summed E-state index contributed by atoms with van der Waals surface area (Å²) in [6.45, 7) is 7.87. The van der Waals surface area contributed by atoms with Gasteiger partial charge in [0.15, 0.2) is 5.58 Å². The number of halogens is 1. The van der Waals surface area contributed by atoms with Gasteiger partial charge in [-0.2, -0.15) is 0 Å². The molecule has 0 saturated heterocycles. The first-order chi connectivity index (χ1) is 13.3. The van der Waals surface area contributed by atoms with Gasteiger partial charge in [-0.3, -0.25) is 0 Å². The molecular weight excluding hydrogens is 356 g/mol. The average Bonchev–Trinajstić information content (AvgIpc) is 3.16. The Bertz CT molecular complexity index is 1080. The van der Waals surface area contributed by atoms with Crippen LogP contribution in [0.3, 0.4) is 0 Å². The molecule has 0 fully saturated rings. The molecule has 1 heterocycles. The molecule has 4 rings (SSSR count). The van der Waals surface area contributed by atoms with Crippen molar-refractivity contribution >= 4 is 44.7 Å². The molecule has 0 aliphatic carbocycles. The Hall–Kier alpha value is -3.04. The van der Waals surface area contributed by atoms with Crippen molar-refractivity contribution in [3.05, 3.63) is 90.4 Å². The summed E-state index contributed by atoms with van der Waals surface area (Å²) in [5, 5.41) is 6.10. The van der Waals surface area contributed by atoms with E-state index < -0.39 is 0 Å². The van der Waals surface area contributed by atoms with E-state index in [1.807, 2.05) is 80.7 Å². The van der Waals surface area contributed by atoms with Crippen molar-refractivity contribution in [1.29, 1.82) is 0 Å². The van der Waals surface area contributed by atoms with Crippen molar-refractivity contribution < 1.29 is 4.42 Å². The van der Waals surface area contributed by atoms with Gasteiger partial charge in [0.2, 0.25) is 5.89 Å². The van der Waals surface area contributed by atoms with Gasteiger partial charge < -0.3 is 9.73 Å². The lowest BCUT2D eigenvalue weighted by Gasteiger charge is -2.08. The summed E-state index contributed by atoms with van der Waals surface area (Å²) in [5.74, 6) is 0.530. The Morgan fingerprint density at radius 3 is 2.44 bits per heavy atom. The molecule has 4 aromatic rings. The quantitative estimate of drug-likeness (QED) is 0.380. The Kier molecular flexibility index (Phi) is 5.94. The third-order valence-electron chi connectivity index (χ3n) is 4.01. The fraction of sp³-hybridized carbons (Fsp3) is 0.0870. The van der Waals surface area contributed by atoms with E-state index in [9.17, 15) is 0 Å². The van der Waals surface area contributed by atoms with Gasteiger partial charge in [-0.25, -0.2) is 4.98 Å². The van der Waals surface area contributed by atoms with E-state index in [2.05, 4.69) is 16.9 Å². The van der Waals surface area contributed by atoms with Gasteiger partial charge in [0.05, 0.1) is 5.57 Å². The number of anilines is 1. The second kappa shape index (κ2) is 8.56. The van der Waals surface area contributed by atoms with Gasteiger partial charge >= 0.3 is 0 Å². The minimum Gasteiger partial charge on any atom is -0.436 e. The van der Waals surface area contributed by atoms with Crippen molar-refractivity contribution in [2.45, 2.75) is 13.8 Å². The number of para-hydroxylation sites is 2. The molecular formula is C23H21ClN2O. The molecule has 0 aliphatic rings. The number of benzene rings is 3. The summed E-state index contributed by atoms with van der Waals surface area (Å²) in [6, 6.07) is 19.5. The second-order valence-electron chi connectivity index (χ2n) is 5.58. The van der Waals surface area contributed by atoms with Gasteiger partial charge in [-0.05, 0) is 24.3 Å². The summed E-state index contributed by atoms with van der Waals surface area (Å²) < 4.78 is 5.80. The molecule has 3 aromatic carbocycles. The maximum atomic E-state index is 6.28. The first-order valence-electron chi connectivity index (χ1n) is 8.88. The molecule has 0 aliphatic heterocycles. The maximum absolute atomic E-state index is 6.28. The van der Waals surface area contributed by atoms with Gasteiger partial charge in [0, 0.05) is 27.7 Å². The summed E-state index contributed by atoms with van der Waals surface area (Å²) in [4.78, 5) is 4.51. The molecule has 0 atom stereocenters. The number of allylic oxidation sites excluding steroid dienone is 2. The van der Waals surface area contributed by atoms with Crippen LogP contribution in [0.2, 0.25) is 5.02 Å². The predicted octanol–water partition coefficient (Wildman–Crippen LogP) is 7.30. The van der Waals surface area contributed by atoms with Crippen LogP contribution >= 0.6 is 11.6 Å². The van der Waals surface area contributed by atoms with E-state index in [1.165, 1.54) is 0 Å². The second-order valence-corrected chi connectivity index (χ2v) is 5.98. The van der Waals surface area contributed by atoms with Gasteiger partial charge in [-0.1, -0.05) is 74.5 Å². The molecule has 1 aromatic heterocycles. The lowest BCUT2D eigenvalue weighted by Crippen LogP contribution is -1.92. The Labute approximate surface area is 164 Å². The molecule has 0 radical (unpaired) electrons. The Balaban J connectivity index is 0.00000102. The minimum absolute atomic E-state index is 0.530. The van der Waals surface area contributed by atoms with Gasteiger partial charge in [-0.15, -0.1) is 0 Å². The Morgan fingerprint density at radius 1 is 1.00 bits per heavy atom. The number of oxazole rings is 1. The predicted molar refractivity (Wildman–Crippen MR) is 116 cm³/mol. The molecule has 0 amide bonds. The van der Waals surface area contributed by atoms with Crippen LogP contribution in [0.1, 0.15) is 19.7 Å². The van der Waals surface area contributed by atoms with E-state index in [-0.39, 0.29) is 0 Å². The van der Waals surface area contributed by atoms with Crippen molar-refractivity contribution in [1.82, 2.24) is 4.98 Å². The molecule has 0 saturated carbocycles. The summed E-state index contributed by atoms with van der Waals surface area (Å²) in [6.07, 6.45) is 3.56. The number of rotatable bonds is 4. The molecule has 0 unspecified atom stereocenters. The molecule has 136 valence electrons. The maximum Gasteiger partial charge on any atom is 0.228 e. The zero-order chi connectivity index (χ0) is 19.2. The first kappa shape index (κ1) is 18.7. The van der Waals surface area contributed by atoms with Gasteiger partial charge in [0.25, 0.3) is 0 Å². The smallest absolute Gasteiger partial charge is 0.228 e. The summed E-state index contributed by atoms with van der Waals surface area (Å²) >= 11 is 6.28.